The lowest BCUT2D eigenvalue weighted by atomic mass is 11.8. The minimum absolute atomic E-state index is 0. The summed E-state index contributed by atoms with van der Waals surface area (Å²) in [5.74, 6) is 0. The Balaban J connectivity index is -0.00000000500. The number of carbonyl (C=O) groups is 1. The first-order valence-electron chi connectivity index (χ1n) is 0.736. The van der Waals surface area contributed by atoms with E-state index in [4.69, 9.17) is 9.90 Å². The van der Waals surface area contributed by atoms with E-state index in [1.807, 2.05) is 6.79 Å². The standard InChI is InChI=1S/CH4O.CH2O.H3N.H2O/c2*1-2;;/h2H,1H3;1H2;1H3;1H2. The van der Waals surface area contributed by atoms with Crippen LogP contribution in [0.2, 0.25) is 0 Å². The molecular weight excluding hydrogens is 86.0 g/mol. The molecule has 6 N–H and O–H groups in total. The number of aliphatic hydroxyl groups excluding tert-OH is 1. The van der Waals surface area contributed by atoms with Crippen molar-refractivity contribution in [2.45, 2.75) is 0 Å². The molecule has 0 aliphatic carbocycles. The van der Waals surface area contributed by atoms with Gasteiger partial charge < -0.3 is 21.5 Å². The van der Waals surface area contributed by atoms with Crippen molar-refractivity contribution in [3.05, 3.63) is 0 Å². The smallest absolute Gasteiger partial charge is 0.106 e. The fraction of sp³-hybridized carbons (Fsp3) is 0.500. The third-order valence-electron chi connectivity index (χ3n) is 0. The van der Waals surface area contributed by atoms with Gasteiger partial charge in [-0.15, -0.1) is 0 Å². The second kappa shape index (κ2) is 283. The van der Waals surface area contributed by atoms with Crippen LogP contribution in [0.4, 0.5) is 0 Å². The molecule has 0 aromatic rings. The van der Waals surface area contributed by atoms with Crippen LogP contribution in [0.5, 0.6) is 0 Å². The maximum Gasteiger partial charge on any atom is 0.106 e. The summed E-state index contributed by atoms with van der Waals surface area (Å²) in [5, 5.41) is 7.00. The van der Waals surface area contributed by atoms with Crippen LogP contribution in [0.1, 0.15) is 0 Å². The van der Waals surface area contributed by atoms with Crippen molar-refractivity contribution in [3.63, 3.8) is 0 Å². The van der Waals surface area contributed by atoms with Crippen molar-refractivity contribution < 1.29 is 15.4 Å². The van der Waals surface area contributed by atoms with Gasteiger partial charge in [0, 0.05) is 7.11 Å². The largest absolute Gasteiger partial charge is 0.412 e. The quantitative estimate of drug-likeness (QED) is 0.395. The number of rotatable bonds is 0. The van der Waals surface area contributed by atoms with Crippen molar-refractivity contribution in [1.29, 1.82) is 0 Å². The molecule has 0 aliphatic heterocycles. The number of hydrogen-bond donors (Lipinski definition) is 2. The van der Waals surface area contributed by atoms with E-state index in [0.717, 1.165) is 7.11 Å². The van der Waals surface area contributed by atoms with Crippen molar-refractivity contribution in [3.8, 4) is 0 Å². The van der Waals surface area contributed by atoms with Gasteiger partial charge in [0.05, 0.1) is 0 Å². The summed E-state index contributed by atoms with van der Waals surface area (Å²) in [6, 6.07) is 0. The highest BCUT2D eigenvalue weighted by Crippen LogP contribution is 0.755. The summed E-state index contributed by atoms with van der Waals surface area (Å²) in [5.41, 5.74) is 0. The van der Waals surface area contributed by atoms with Crippen LogP contribution >= 0.6 is 0 Å². The van der Waals surface area contributed by atoms with Crippen LogP contribution in [-0.2, 0) is 4.79 Å². The van der Waals surface area contributed by atoms with Crippen molar-refractivity contribution in [2.24, 2.45) is 0 Å². The van der Waals surface area contributed by atoms with E-state index in [1.54, 1.807) is 0 Å². The molecule has 4 heteroatoms. The molecule has 0 amide bonds. The Morgan fingerprint density at radius 2 is 1.33 bits per heavy atom. The lowest BCUT2D eigenvalue weighted by Crippen LogP contribution is -1.25. The molecule has 0 radical (unpaired) electrons. The molecule has 0 bridgehead atoms. The van der Waals surface area contributed by atoms with Gasteiger partial charge in [-0.1, -0.05) is 0 Å². The molecule has 4 nitrogen and oxygen atoms in total. The van der Waals surface area contributed by atoms with E-state index in [-0.39, 0.29) is 11.6 Å². The Bertz CT molecular complexity index is 8.75. The Labute approximate surface area is 36.7 Å². The lowest BCUT2D eigenvalue weighted by molar-refractivity contribution is -0.0979. The summed E-state index contributed by atoms with van der Waals surface area (Å²) in [6.45, 7) is 2.00. The zero-order chi connectivity index (χ0) is 4.00. The second-order valence-electron chi connectivity index (χ2n) is 0. The lowest BCUT2D eigenvalue weighted by Gasteiger charge is -1.21. The average molecular weight is 97.1 g/mol. The zero-order valence-electron chi connectivity index (χ0n) is 3.77. The zero-order valence-corrected chi connectivity index (χ0v) is 3.77. The minimum atomic E-state index is 0. The molecule has 0 saturated heterocycles. The number of hydrogen-bond acceptors (Lipinski definition) is 3. The third kappa shape index (κ3) is 114. The molecule has 6 heavy (non-hydrogen) atoms. The Morgan fingerprint density at radius 1 is 1.33 bits per heavy atom. The van der Waals surface area contributed by atoms with Crippen LogP contribution in [-0.4, -0.2) is 24.5 Å². The van der Waals surface area contributed by atoms with Gasteiger partial charge in [0.1, 0.15) is 6.79 Å². The van der Waals surface area contributed by atoms with Gasteiger partial charge in [-0.3, -0.25) is 0 Å². The molecule has 0 rings (SSSR count). The molecule has 0 aliphatic rings. The van der Waals surface area contributed by atoms with Crippen LogP contribution < -0.4 is 6.15 Å². The maximum absolute atomic E-state index is 8.00. The summed E-state index contributed by atoms with van der Waals surface area (Å²) < 4.78 is 0. The van der Waals surface area contributed by atoms with Gasteiger partial charge in [-0.2, -0.15) is 0 Å². The normalized spacial score (nSPS) is 1.67. The molecule has 0 fully saturated rings. The third-order valence-corrected chi connectivity index (χ3v) is 0. The molecule has 0 heterocycles. The first kappa shape index (κ1) is 47.8. The Kier molecular flexibility index (Phi) is 2260. The fourth-order valence-electron chi connectivity index (χ4n) is 0. The van der Waals surface area contributed by atoms with Crippen LogP contribution in [0.3, 0.4) is 0 Å². The summed E-state index contributed by atoms with van der Waals surface area (Å²) >= 11 is 0. The molecule has 0 aromatic heterocycles. The van der Waals surface area contributed by atoms with Crippen LogP contribution in [0, 0.1) is 0 Å². The van der Waals surface area contributed by atoms with Crippen LogP contribution in [0.15, 0.2) is 0 Å². The van der Waals surface area contributed by atoms with Gasteiger partial charge in [-0.25, -0.2) is 0 Å². The van der Waals surface area contributed by atoms with E-state index >= 15 is 0 Å². The average Bonchev–Trinajstić information content (AvgIpc) is 1.50. The molecule has 0 aromatic carbocycles. The van der Waals surface area contributed by atoms with E-state index in [2.05, 4.69) is 0 Å². The van der Waals surface area contributed by atoms with Gasteiger partial charge in [0.2, 0.25) is 0 Å². The summed E-state index contributed by atoms with van der Waals surface area (Å²) in [7, 11) is 1.00. The minimum Gasteiger partial charge on any atom is -0.412 e. The summed E-state index contributed by atoms with van der Waals surface area (Å²) in [4.78, 5) is 8.00. The van der Waals surface area contributed by atoms with Gasteiger partial charge in [0.15, 0.2) is 0 Å². The maximum atomic E-state index is 8.00. The first-order chi connectivity index (χ1) is 2.00. The van der Waals surface area contributed by atoms with Gasteiger partial charge in [-0.05, 0) is 0 Å². The van der Waals surface area contributed by atoms with E-state index in [0.29, 0.717) is 0 Å². The Hall–Kier alpha value is -0.450. The topological polar surface area (TPSA) is 104 Å². The van der Waals surface area contributed by atoms with Crippen molar-refractivity contribution in [2.75, 3.05) is 7.11 Å². The van der Waals surface area contributed by atoms with Gasteiger partial charge >= 0.3 is 0 Å². The molecule has 0 unspecified atom stereocenters. The molecule has 0 saturated carbocycles. The number of carbonyl (C=O) groups excluding carboxylic acids is 1. The second-order valence-corrected chi connectivity index (χ2v) is 0. The predicted octanol–water partition coefficient (Wildman–Crippen LogP) is -1.24. The van der Waals surface area contributed by atoms with Gasteiger partial charge in [0.25, 0.3) is 0 Å². The van der Waals surface area contributed by atoms with Crippen molar-refractivity contribution in [1.82, 2.24) is 6.15 Å². The SMILES string of the molecule is C=O.CO.N.O. The first-order valence-corrected chi connectivity index (χ1v) is 0.736. The van der Waals surface area contributed by atoms with Crippen molar-refractivity contribution >= 4 is 6.79 Å². The number of aliphatic hydroxyl groups is 1. The monoisotopic (exact) mass is 97.1 g/mol. The van der Waals surface area contributed by atoms with E-state index in [1.165, 1.54) is 0 Å². The highest BCUT2D eigenvalue weighted by molar-refractivity contribution is 5.10. The van der Waals surface area contributed by atoms with E-state index < -0.39 is 0 Å². The molecule has 42 valence electrons. The predicted molar refractivity (Wildman–Crippen MR) is 23.9 cm³/mol. The fourth-order valence-corrected chi connectivity index (χ4v) is 0. The molecule has 0 atom stereocenters. The highest BCUT2D eigenvalue weighted by Gasteiger charge is 0.839. The highest BCUT2D eigenvalue weighted by atomic mass is 16.2. The van der Waals surface area contributed by atoms with Crippen LogP contribution in [0.25, 0.3) is 0 Å². The van der Waals surface area contributed by atoms with E-state index in [9.17, 15) is 0 Å². The molecule has 0 spiro atoms. The Morgan fingerprint density at radius 3 is 1.33 bits per heavy atom. The molecular formula is C2H11NO3. The summed E-state index contributed by atoms with van der Waals surface area (Å²) in [6.07, 6.45) is 0.